The number of hydrogen-bond acceptors (Lipinski definition) is 4. The molecule has 0 radical (unpaired) electrons. The van der Waals surface area contributed by atoms with Crippen molar-refractivity contribution in [3.8, 4) is 0 Å². The average Bonchev–Trinajstić information content (AvgIpc) is 2.16. The molecule has 0 aromatic rings. The molecule has 6 nitrogen and oxygen atoms in total. The Labute approximate surface area is 88.0 Å². The molecule has 0 spiro atoms. The number of primary amides is 1. The maximum Gasteiger partial charge on any atom is 0.306 e. The van der Waals surface area contributed by atoms with Gasteiger partial charge in [-0.1, -0.05) is 0 Å². The average molecular weight is 216 g/mol. The molecule has 6 heteroatoms. The molecule has 1 aliphatic rings. The predicted octanol–water partition coefficient (Wildman–Crippen LogP) is -0.964. The van der Waals surface area contributed by atoms with E-state index in [9.17, 15) is 9.59 Å². The van der Waals surface area contributed by atoms with Crippen molar-refractivity contribution in [3.63, 3.8) is 0 Å². The highest BCUT2D eigenvalue weighted by Gasteiger charge is 2.27. The predicted molar refractivity (Wildman–Crippen MR) is 52.2 cm³/mol. The minimum atomic E-state index is -0.895. The van der Waals surface area contributed by atoms with Crippen molar-refractivity contribution in [1.29, 1.82) is 0 Å². The van der Waals surface area contributed by atoms with Gasteiger partial charge in [0, 0.05) is 13.1 Å². The van der Waals surface area contributed by atoms with E-state index >= 15 is 0 Å². The van der Waals surface area contributed by atoms with Gasteiger partial charge >= 0.3 is 5.97 Å². The van der Waals surface area contributed by atoms with E-state index in [0.717, 1.165) is 0 Å². The van der Waals surface area contributed by atoms with Gasteiger partial charge in [0.25, 0.3) is 0 Å². The molecule has 15 heavy (non-hydrogen) atoms. The SMILES string of the molecule is CC(C(N)=O)N1CCOC(CC(=O)O)C1. The van der Waals surface area contributed by atoms with Crippen molar-refractivity contribution >= 4 is 11.9 Å². The number of hydrogen-bond donors (Lipinski definition) is 2. The van der Waals surface area contributed by atoms with Gasteiger partial charge in [-0.05, 0) is 6.92 Å². The zero-order chi connectivity index (χ0) is 11.4. The highest BCUT2D eigenvalue weighted by molar-refractivity contribution is 5.79. The van der Waals surface area contributed by atoms with Crippen LogP contribution in [0.25, 0.3) is 0 Å². The van der Waals surface area contributed by atoms with Crippen LogP contribution in [0.2, 0.25) is 0 Å². The smallest absolute Gasteiger partial charge is 0.306 e. The van der Waals surface area contributed by atoms with E-state index in [1.165, 1.54) is 0 Å². The Kier molecular flexibility index (Phi) is 4.05. The molecule has 2 unspecified atom stereocenters. The summed E-state index contributed by atoms with van der Waals surface area (Å²) >= 11 is 0. The fourth-order valence-corrected chi connectivity index (χ4v) is 1.59. The van der Waals surface area contributed by atoms with Gasteiger partial charge in [-0.3, -0.25) is 14.5 Å². The van der Waals surface area contributed by atoms with Crippen LogP contribution in [0.1, 0.15) is 13.3 Å². The van der Waals surface area contributed by atoms with Crippen LogP contribution in [0.4, 0.5) is 0 Å². The topological polar surface area (TPSA) is 92.9 Å². The van der Waals surface area contributed by atoms with Gasteiger partial charge in [-0.2, -0.15) is 0 Å². The number of carbonyl (C=O) groups excluding carboxylic acids is 1. The van der Waals surface area contributed by atoms with Crippen LogP contribution in [0.3, 0.4) is 0 Å². The quantitative estimate of drug-likeness (QED) is 0.631. The molecule has 0 aliphatic carbocycles. The maximum atomic E-state index is 11.0. The van der Waals surface area contributed by atoms with E-state index in [-0.39, 0.29) is 18.6 Å². The molecule has 0 saturated carbocycles. The molecule has 1 rings (SSSR count). The number of carbonyl (C=O) groups is 2. The fraction of sp³-hybridized carbons (Fsp3) is 0.778. The lowest BCUT2D eigenvalue weighted by molar-refractivity contribution is -0.143. The third-order valence-electron chi connectivity index (χ3n) is 2.53. The van der Waals surface area contributed by atoms with Crippen LogP contribution in [0.15, 0.2) is 0 Å². The fourth-order valence-electron chi connectivity index (χ4n) is 1.59. The van der Waals surface area contributed by atoms with E-state index in [2.05, 4.69) is 0 Å². The normalized spacial score (nSPS) is 24.7. The van der Waals surface area contributed by atoms with Gasteiger partial charge in [-0.15, -0.1) is 0 Å². The standard InChI is InChI=1S/C9H16N2O4/c1-6(9(10)14)11-2-3-15-7(5-11)4-8(12)13/h6-7H,2-5H2,1H3,(H2,10,14)(H,12,13). The van der Waals surface area contributed by atoms with E-state index in [0.29, 0.717) is 19.7 Å². The molecule has 0 aromatic carbocycles. The number of aliphatic carboxylic acids is 1. The lowest BCUT2D eigenvalue weighted by Gasteiger charge is -2.34. The number of nitrogens with zero attached hydrogens (tertiary/aromatic N) is 1. The summed E-state index contributed by atoms with van der Waals surface area (Å²) in [6, 6.07) is -0.370. The van der Waals surface area contributed by atoms with Crippen molar-refractivity contribution in [2.75, 3.05) is 19.7 Å². The Balaban J connectivity index is 2.48. The Bertz CT molecular complexity index is 256. The van der Waals surface area contributed by atoms with Gasteiger partial charge in [0.2, 0.25) is 5.91 Å². The number of amides is 1. The first-order chi connectivity index (χ1) is 7.00. The van der Waals surface area contributed by atoms with Crippen LogP contribution in [0.5, 0.6) is 0 Å². The molecule has 86 valence electrons. The highest BCUT2D eigenvalue weighted by Crippen LogP contribution is 2.11. The highest BCUT2D eigenvalue weighted by atomic mass is 16.5. The summed E-state index contributed by atoms with van der Waals surface area (Å²) < 4.78 is 5.27. The molecule has 1 saturated heterocycles. The van der Waals surface area contributed by atoms with Crippen molar-refractivity contribution in [2.45, 2.75) is 25.5 Å². The molecule has 0 bridgehead atoms. The van der Waals surface area contributed by atoms with Gasteiger partial charge < -0.3 is 15.6 Å². The first-order valence-electron chi connectivity index (χ1n) is 4.87. The second-order valence-corrected chi connectivity index (χ2v) is 3.66. The summed E-state index contributed by atoms with van der Waals surface area (Å²) in [5.74, 6) is -1.29. The summed E-state index contributed by atoms with van der Waals surface area (Å²) in [5.41, 5.74) is 5.18. The largest absolute Gasteiger partial charge is 0.481 e. The van der Waals surface area contributed by atoms with E-state index in [1.54, 1.807) is 6.92 Å². The van der Waals surface area contributed by atoms with Crippen LogP contribution in [-0.2, 0) is 14.3 Å². The summed E-state index contributed by atoms with van der Waals surface area (Å²) in [4.78, 5) is 23.3. The zero-order valence-corrected chi connectivity index (χ0v) is 8.68. The molecule has 1 aliphatic heterocycles. The molecule has 3 N–H and O–H groups in total. The van der Waals surface area contributed by atoms with E-state index < -0.39 is 11.9 Å². The Morgan fingerprint density at radius 2 is 2.33 bits per heavy atom. The van der Waals surface area contributed by atoms with Crippen LogP contribution in [0, 0.1) is 0 Å². The van der Waals surface area contributed by atoms with Gasteiger partial charge in [-0.25, -0.2) is 0 Å². The number of carboxylic acid groups (broad SMARTS) is 1. The Morgan fingerprint density at radius 1 is 1.67 bits per heavy atom. The van der Waals surface area contributed by atoms with Crippen molar-refractivity contribution in [1.82, 2.24) is 4.90 Å². The third-order valence-corrected chi connectivity index (χ3v) is 2.53. The van der Waals surface area contributed by atoms with Crippen LogP contribution < -0.4 is 5.73 Å². The Hall–Kier alpha value is -1.14. The number of nitrogens with two attached hydrogens (primary N) is 1. The van der Waals surface area contributed by atoms with E-state index in [4.69, 9.17) is 15.6 Å². The number of carboxylic acids is 1. The van der Waals surface area contributed by atoms with Gasteiger partial charge in [0.1, 0.15) is 0 Å². The zero-order valence-electron chi connectivity index (χ0n) is 8.68. The molecule has 1 heterocycles. The minimum absolute atomic E-state index is 0.0397. The summed E-state index contributed by atoms with van der Waals surface area (Å²) in [6.07, 6.45) is -0.389. The molecule has 1 amide bonds. The number of ether oxygens (including phenoxy) is 1. The molecular formula is C9H16N2O4. The van der Waals surface area contributed by atoms with Crippen LogP contribution >= 0.6 is 0 Å². The van der Waals surface area contributed by atoms with Crippen LogP contribution in [-0.4, -0.2) is 53.7 Å². The molecule has 1 fully saturated rings. The van der Waals surface area contributed by atoms with Crippen molar-refractivity contribution in [3.05, 3.63) is 0 Å². The molecule has 0 aromatic heterocycles. The molecular weight excluding hydrogens is 200 g/mol. The van der Waals surface area contributed by atoms with Gasteiger partial charge in [0.15, 0.2) is 0 Å². The van der Waals surface area contributed by atoms with Crippen molar-refractivity contribution in [2.24, 2.45) is 5.73 Å². The van der Waals surface area contributed by atoms with E-state index in [1.807, 2.05) is 4.90 Å². The number of morpholine rings is 1. The molecule has 2 atom stereocenters. The Morgan fingerprint density at radius 3 is 2.87 bits per heavy atom. The summed E-state index contributed by atoms with van der Waals surface area (Å²) in [6.45, 7) is 3.21. The minimum Gasteiger partial charge on any atom is -0.481 e. The summed E-state index contributed by atoms with van der Waals surface area (Å²) in [7, 11) is 0. The van der Waals surface area contributed by atoms with Gasteiger partial charge in [0.05, 0.1) is 25.2 Å². The van der Waals surface area contributed by atoms with Crippen molar-refractivity contribution < 1.29 is 19.4 Å². The maximum absolute atomic E-state index is 11.0. The third kappa shape index (κ3) is 3.49. The summed E-state index contributed by atoms with van der Waals surface area (Å²) in [5, 5.41) is 8.61. The lowest BCUT2D eigenvalue weighted by atomic mass is 10.1. The second kappa shape index (κ2) is 5.09. The first-order valence-corrected chi connectivity index (χ1v) is 4.87. The monoisotopic (exact) mass is 216 g/mol. The second-order valence-electron chi connectivity index (χ2n) is 3.66. The first kappa shape index (κ1) is 11.9. The number of rotatable bonds is 4. The lowest BCUT2D eigenvalue weighted by Crippen LogP contribution is -2.51.